The van der Waals surface area contributed by atoms with Gasteiger partial charge in [-0.1, -0.05) is 19.1 Å². The molecule has 0 bridgehead atoms. The Hall–Kier alpha value is -1.28. The van der Waals surface area contributed by atoms with Crippen LogP contribution in [-0.4, -0.2) is 44.6 Å². The molecule has 1 aromatic carbocycles. The highest BCUT2D eigenvalue weighted by atomic mass is 32.2. The Morgan fingerprint density at radius 3 is 2.55 bits per heavy atom. The lowest BCUT2D eigenvalue weighted by atomic mass is 9.93. The second-order valence-electron chi connectivity index (χ2n) is 4.77. The summed E-state index contributed by atoms with van der Waals surface area (Å²) in [5.74, 6) is -0.431. The standard InChI is InChI=1S/C13H17NO5S/c1-9(12-8-14-6-7-19-12)13(15)10-2-4-11(5-3-10)20(16,17)18/h2-5,9,12,14H,6-8H2,1H3,(H,16,17,18). The highest BCUT2D eigenvalue weighted by Crippen LogP contribution is 2.18. The molecular formula is C13H17NO5S. The molecule has 0 amide bonds. The van der Waals surface area contributed by atoms with Gasteiger partial charge in [0.2, 0.25) is 0 Å². The zero-order valence-electron chi connectivity index (χ0n) is 11.1. The van der Waals surface area contributed by atoms with Crippen molar-refractivity contribution < 1.29 is 22.5 Å². The SMILES string of the molecule is CC(C(=O)c1ccc(S(=O)(=O)O)cc1)C1CNCCO1. The molecule has 2 atom stereocenters. The van der Waals surface area contributed by atoms with Crippen LogP contribution >= 0.6 is 0 Å². The van der Waals surface area contributed by atoms with Crippen LogP contribution in [0.4, 0.5) is 0 Å². The van der Waals surface area contributed by atoms with Crippen molar-refractivity contribution in [2.75, 3.05) is 19.7 Å². The lowest BCUT2D eigenvalue weighted by Gasteiger charge is -2.28. The number of hydrogen-bond acceptors (Lipinski definition) is 5. The van der Waals surface area contributed by atoms with Gasteiger partial charge in [-0.25, -0.2) is 0 Å². The van der Waals surface area contributed by atoms with Crippen LogP contribution < -0.4 is 5.32 Å². The van der Waals surface area contributed by atoms with E-state index in [2.05, 4.69) is 5.32 Å². The lowest BCUT2D eigenvalue weighted by molar-refractivity contribution is -0.000142. The fourth-order valence-electron chi connectivity index (χ4n) is 2.13. The number of hydrogen-bond donors (Lipinski definition) is 2. The highest BCUT2D eigenvalue weighted by molar-refractivity contribution is 7.85. The molecule has 0 aliphatic carbocycles. The molecule has 2 rings (SSSR count). The number of morpholine rings is 1. The maximum Gasteiger partial charge on any atom is 0.294 e. The molecule has 0 saturated carbocycles. The number of benzene rings is 1. The lowest BCUT2D eigenvalue weighted by Crippen LogP contribution is -2.44. The molecule has 2 unspecified atom stereocenters. The number of ketones is 1. The first-order valence-corrected chi connectivity index (χ1v) is 7.77. The van der Waals surface area contributed by atoms with Gasteiger partial charge in [0, 0.05) is 24.6 Å². The molecule has 1 fully saturated rings. The molecule has 20 heavy (non-hydrogen) atoms. The monoisotopic (exact) mass is 299 g/mol. The van der Waals surface area contributed by atoms with Gasteiger partial charge in [0.25, 0.3) is 10.1 Å². The van der Waals surface area contributed by atoms with Gasteiger partial charge in [0.15, 0.2) is 5.78 Å². The Kier molecular flexibility index (Phi) is 4.54. The zero-order valence-corrected chi connectivity index (χ0v) is 11.9. The van der Waals surface area contributed by atoms with Crippen molar-refractivity contribution in [2.24, 2.45) is 5.92 Å². The third kappa shape index (κ3) is 3.43. The van der Waals surface area contributed by atoms with Gasteiger partial charge in [0.05, 0.1) is 17.6 Å². The first-order valence-electron chi connectivity index (χ1n) is 6.33. The van der Waals surface area contributed by atoms with Crippen LogP contribution in [0.15, 0.2) is 29.2 Å². The maximum absolute atomic E-state index is 12.3. The summed E-state index contributed by atoms with van der Waals surface area (Å²) in [7, 11) is -4.23. The minimum atomic E-state index is -4.23. The van der Waals surface area contributed by atoms with Crippen molar-refractivity contribution in [1.82, 2.24) is 5.32 Å². The highest BCUT2D eigenvalue weighted by Gasteiger charge is 2.27. The van der Waals surface area contributed by atoms with Crippen LogP contribution in [0.25, 0.3) is 0 Å². The van der Waals surface area contributed by atoms with Crippen LogP contribution in [0, 0.1) is 5.92 Å². The van der Waals surface area contributed by atoms with Gasteiger partial charge in [-0.3, -0.25) is 9.35 Å². The Bertz CT molecular complexity index is 575. The van der Waals surface area contributed by atoms with Crippen molar-refractivity contribution in [3.8, 4) is 0 Å². The average Bonchev–Trinajstić information content (AvgIpc) is 2.46. The van der Waals surface area contributed by atoms with Gasteiger partial charge >= 0.3 is 0 Å². The topological polar surface area (TPSA) is 92.7 Å². The van der Waals surface area contributed by atoms with Crippen LogP contribution in [0.5, 0.6) is 0 Å². The predicted octanol–water partition coefficient (Wildman–Crippen LogP) is 0.741. The zero-order chi connectivity index (χ0) is 14.8. The van der Waals surface area contributed by atoms with Crippen molar-refractivity contribution in [3.63, 3.8) is 0 Å². The van der Waals surface area contributed by atoms with E-state index in [1.807, 2.05) is 0 Å². The van der Waals surface area contributed by atoms with Crippen molar-refractivity contribution >= 4 is 15.9 Å². The average molecular weight is 299 g/mol. The summed E-state index contributed by atoms with van der Waals surface area (Å²) in [5, 5.41) is 3.16. The molecule has 0 spiro atoms. The smallest absolute Gasteiger partial charge is 0.294 e. The number of carbonyl (C=O) groups excluding carboxylic acids is 1. The first kappa shape index (κ1) is 15.1. The summed E-state index contributed by atoms with van der Waals surface area (Å²) in [6, 6.07) is 5.24. The van der Waals surface area contributed by atoms with E-state index in [9.17, 15) is 13.2 Å². The summed E-state index contributed by atoms with van der Waals surface area (Å²) < 4.78 is 36.3. The van der Waals surface area contributed by atoms with E-state index < -0.39 is 10.1 Å². The minimum absolute atomic E-state index is 0.111. The molecule has 0 radical (unpaired) electrons. The van der Waals surface area contributed by atoms with Gasteiger partial charge in [-0.15, -0.1) is 0 Å². The van der Waals surface area contributed by atoms with Crippen LogP contribution in [0.3, 0.4) is 0 Å². The fraction of sp³-hybridized carbons (Fsp3) is 0.462. The maximum atomic E-state index is 12.3. The van der Waals surface area contributed by atoms with Crippen LogP contribution in [-0.2, 0) is 14.9 Å². The third-order valence-corrected chi connectivity index (χ3v) is 4.23. The number of rotatable bonds is 4. The molecule has 1 aromatic rings. The number of Topliss-reactive ketones (excluding diaryl/α,β-unsaturated/α-hetero) is 1. The molecule has 1 heterocycles. The Labute approximate surface area is 117 Å². The minimum Gasteiger partial charge on any atom is -0.375 e. The second kappa shape index (κ2) is 6.01. The number of nitrogens with one attached hydrogen (secondary N) is 1. The van der Waals surface area contributed by atoms with Gasteiger partial charge < -0.3 is 10.1 Å². The molecule has 6 nitrogen and oxygen atoms in total. The predicted molar refractivity (Wildman–Crippen MR) is 72.4 cm³/mol. The van der Waals surface area contributed by atoms with E-state index in [1.54, 1.807) is 6.92 Å². The Morgan fingerprint density at radius 1 is 1.40 bits per heavy atom. The van der Waals surface area contributed by atoms with Crippen molar-refractivity contribution in [2.45, 2.75) is 17.9 Å². The van der Waals surface area contributed by atoms with E-state index >= 15 is 0 Å². The summed E-state index contributed by atoms with van der Waals surface area (Å²) in [6.45, 7) is 3.76. The molecule has 0 aromatic heterocycles. The summed E-state index contributed by atoms with van der Waals surface area (Å²) in [5.41, 5.74) is 0.402. The van der Waals surface area contributed by atoms with Crippen LogP contribution in [0.1, 0.15) is 17.3 Å². The fourth-order valence-corrected chi connectivity index (χ4v) is 2.61. The van der Waals surface area contributed by atoms with Gasteiger partial charge in [-0.05, 0) is 12.1 Å². The molecule has 1 saturated heterocycles. The Morgan fingerprint density at radius 2 is 2.05 bits per heavy atom. The van der Waals surface area contributed by atoms with E-state index in [-0.39, 0.29) is 22.7 Å². The van der Waals surface area contributed by atoms with E-state index in [0.717, 1.165) is 6.54 Å². The molecule has 110 valence electrons. The normalized spacial score (nSPS) is 21.4. The molecule has 2 N–H and O–H groups in total. The van der Waals surface area contributed by atoms with E-state index in [4.69, 9.17) is 9.29 Å². The second-order valence-corrected chi connectivity index (χ2v) is 6.19. The molecule has 1 aliphatic rings. The molecule has 7 heteroatoms. The van der Waals surface area contributed by atoms with Gasteiger partial charge in [-0.2, -0.15) is 8.42 Å². The van der Waals surface area contributed by atoms with Crippen molar-refractivity contribution in [3.05, 3.63) is 29.8 Å². The summed E-state index contributed by atoms with van der Waals surface area (Å²) >= 11 is 0. The van der Waals surface area contributed by atoms with E-state index in [1.165, 1.54) is 24.3 Å². The first-order chi connectivity index (χ1) is 9.39. The molecule has 1 aliphatic heterocycles. The quantitative estimate of drug-likeness (QED) is 0.629. The number of ether oxygens (including phenoxy) is 1. The summed E-state index contributed by atoms with van der Waals surface area (Å²) in [6.07, 6.45) is -0.183. The van der Waals surface area contributed by atoms with Crippen molar-refractivity contribution in [1.29, 1.82) is 0 Å². The largest absolute Gasteiger partial charge is 0.375 e. The third-order valence-electron chi connectivity index (χ3n) is 3.36. The van der Waals surface area contributed by atoms with Crippen LogP contribution in [0.2, 0.25) is 0 Å². The molecular weight excluding hydrogens is 282 g/mol. The summed E-state index contributed by atoms with van der Waals surface area (Å²) in [4.78, 5) is 12.1. The van der Waals surface area contributed by atoms with Gasteiger partial charge in [0.1, 0.15) is 0 Å². The van der Waals surface area contributed by atoms with E-state index in [0.29, 0.717) is 18.7 Å². The Balaban J connectivity index is 2.12. The number of carbonyl (C=O) groups is 1.